The number of anilines is 1. The molecule has 1 fully saturated rings. The number of nitrogens with zero attached hydrogens (tertiary/aromatic N) is 1. The second kappa shape index (κ2) is 5.52. The predicted octanol–water partition coefficient (Wildman–Crippen LogP) is 1.58. The molecule has 1 aromatic rings. The molecule has 1 atom stereocenters. The standard InChI is InChI=1S/C14H22N2O/c1-11(2)13-5-3-4-6-14(13)16-8-7-15-9-12(17)10-16/h3-6,11-12,15,17H,7-10H2,1-2H3. The zero-order chi connectivity index (χ0) is 12.3. The van der Waals surface area contributed by atoms with Gasteiger partial charge in [0.25, 0.3) is 0 Å². The third-order valence-electron chi connectivity index (χ3n) is 3.27. The summed E-state index contributed by atoms with van der Waals surface area (Å²) < 4.78 is 0. The van der Waals surface area contributed by atoms with Crippen LogP contribution in [0.15, 0.2) is 24.3 Å². The third kappa shape index (κ3) is 2.99. The van der Waals surface area contributed by atoms with Gasteiger partial charge in [0.2, 0.25) is 0 Å². The molecule has 1 aromatic carbocycles. The minimum absolute atomic E-state index is 0.280. The van der Waals surface area contributed by atoms with E-state index >= 15 is 0 Å². The molecule has 0 amide bonds. The summed E-state index contributed by atoms with van der Waals surface area (Å²) in [6, 6.07) is 8.51. The Morgan fingerprint density at radius 3 is 2.88 bits per heavy atom. The van der Waals surface area contributed by atoms with Crippen LogP contribution in [0.1, 0.15) is 25.3 Å². The highest BCUT2D eigenvalue weighted by molar-refractivity contribution is 5.55. The van der Waals surface area contributed by atoms with E-state index in [1.807, 2.05) is 0 Å². The zero-order valence-corrected chi connectivity index (χ0v) is 10.7. The molecule has 1 saturated heterocycles. The number of para-hydroxylation sites is 1. The molecule has 3 nitrogen and oxygen atoms in total. The number of aliphatic hydroxyl groups excluding tert-OH is 1. The van der Waals surface area contributed by atoms with Crippen molar-refractivity contribution in [3.05, 3.63) is 29.8 Å². The molecule has 0 aliphatic carbocycles. The van der Waals surface area contributed by atoms with E-state index in [-0.39, 0.29) is 6.10 Å². The van der Waals surface area contributed by atoms with E-state index in [4.69, 9.17) is 0 Å². The molecule has 1 aliphatic heterocycles. The van der Waals surface area contributed by atoms with Crippen LogP contribution in [0.2, 0.25) is 0 Å². The molecule has 0 radical (unpaired) electrons. The Labute approximate surface area is 103 Å². The van der Waals surface area contributed by atoms with Crippen LogP contribution in [-0.2, 0) is 0 Å². The smallest absolute Gasteiger partial charge is 0.0839 e. The summed E-state index contributed by atoms with van der Waals surface area (Å²) in [5.74, 6) is 0.513. The van der Waals surface area contributed by atoms with Crippen LogP contribution in [-0.4, -0.2) is 37.4 Å². The number of nitrogens with one attached hydrogen (secondary N) is 1. The molecule has 2 N–H and O–H groups in total. The van der Waals surface area contributed by atoms with E-state index in [9.17, 15) is 5.11 Å². The maximum absolute atomic E-state index is 9.85. The molecule has 1 unspecified atom stereocenters. The first-order valence-corrected chi connectivity index (χ1v) is 6.41. The second-order valence-corrected chi connectivity index (χ2v) is 5.02. The summed E-state index contributed by atoms with van der Waals surface area (Å²) in [5, 5.41) is 13.1. The van der Waals surface area contributed by atoms with Crippen LogP contribution in [0.25, 0.3) is 0 Å². The fraction of sp³-hybridized carbons (Fsp3) is 0.571. The highest BCUT2D eigenvalue weighted by Crippen LogP contribution is 2.27. The third-order valence-corrected chi connectivity index (χ3v) is 3.27. The number of rotatable bonds is 2. The van der Waals surface area contributed by atoms with Crippen LogP contribution < -0.4 is 10.2 Å². The van der Waals surface area contributed by atoms with Crippen molar-refractivity contribution in [1.82, 2.24) is 5.32 Å². The first kappa shape index (κ1) is 12.4. The lowest BCUT2D eigenvalue weighted by atomic mass is 10.0. The minimum atomic E-state index is -0.280. The zero-order valence-electron chi connectivity index (χ0n) is 10.7. The van der Waals surface area contributed by atoms with E-state index in [1.165, 1.54) is 11.3 Å². The molecule has 17 heavy (non-hydrogen) atoms. The largest absolute Gasteiger partial charge is 0.390 e. The van der Waals surface area contributed by atoms with Gasteiger partial charge in [0.05, 0.1) is 6.10 Å². The van der Waals surface area contributed by atoms with E-state index in [0.29, 0.717) is 12.5 Å². The van der Waals surface area contributed by atoms with Crippen LogP contribution in [0, 0.1) is 0 Å². The van der Waals surface area contributed by atoms with Gasteiger partial charge < -0.3 is 15.3 Å². The van der Waals surface area contributed by atoms with Gasteiger partial charge in [-0.2, -0.15) is 0 Å². The average Bonchev–Trinajstić information content (AvgIpc) is 2.54. The normalized spacial score (nSPS) is 21.6. The van der Waals surface area contributed by atoms with Gasteiger partial charge in [-0.25, -0.2) is 0 Å². The van der Waals surface area contributed by atoms with Crippen molar-refractivity contribution in [3.63, 3.8) is 0 Å². The summed E-state index contributed by atoms with van der Waals surface area (Å²) in [4.78, 5) is 2.29. The summed E-state index contributed by atoms with van der Waals surface area (Å²) >= 11 is 0. The van der Waals surface area contributed by atoms with Crippen LogP contribution >= 0.6 is 0 Å². The molecular weight excluding hydrogens is 212 g/mol. The molecule has 94 valence electrons. The molecule has 0 saturated carbocycles. The number of hydrogen-bond acceptors (Lipinski definition) is 3. The van der Waals surface area contributed by atoms with Gasteiger partial charge in [0.15, 0.2) is 0 Å². The van der Waals surface area contributed by atoms with E-state index in [0.717, 1.165) is 19.6 Å². The van der Waals surface area contributed by atoms with Crippen molar-refractivity contribution in [2.75, 3.05) is 31.1 Å². The van der Waals surface area contributed by atoms with Crippen molar-refractivity contribution >= 4 is 5.69 Å². The Balaban J connectivity index is 2.25. The second-order valence-electron chi connectivity index (χ2n) is 5.02. The number of β-amino-alcohol motifs (C(OH)–C–C–N with tert-alkyl or cyclic N) is 1. The monoisotopic (exact) mass is 234 g/mol. The Hall–Kier alpha value is -1.06. The molecule has 2 rings (SSSR count). The molecule has 1 aliphatic rings. The quantitative estimate of drug-likeness (QED) is 0.815. The lowest BCUT2D eigenvalue weighted by Crippen LogP contribution is -2.33. The molecule has 1 heterocycles. The van der Waals surface area contributed by atoms with Gasteiger partial charge in [0.1, 0.15) is 0 Å². The lowest BCUT2D eigenvalue weighted by molar-refractivity contribution is 0.185. The van der Waals surface area contributed by atoms with Gasteiger partial charge in [0, 0.05) is 31.9 Å². The van der Waals surface area contributed by atoms with Gasteiger partial charge >= 0.3 is 0 Å². The molecule has 0 bridgehead atoms. The number of hydrogen-bond donors (Lipinski definition) is 2. The SMILES string of the molecule is CC(C)c1ccccc1N1CCNCC(O)C1. The van der Waals surface area contributed by atoms with Gasteiger partial charge in [-0.3, -0.25) is 0 Å². The fourth-order valence-electron chi connectivity index (χ4n) is 2.38. The summed E-state index contributed by atoms with van der Waals surface area (Å²) in [5.41, 5.74) is 2.63. The topological polar surface area (TPSA) is 35.5 Å². The van der Waals surface area contributed by atoms with Gasteiger partial charge in [-0.15, -0.1) is 0 Å². The van der Waals surface area contributed by atoms with Crippen molar-refractivity contribution in [3.8, 4) is 0 Å². The average molecular weight is 234 g/mol. The maximum Gasteiger partial charge on any atom is 0.0839 e. The van der Waals surface area contributed by atoms with Crippen molar-refractivity contribution < 1.29 is 5.11 Å². The van der Waals surface area contributed by atoms with Crippen molar-refractivity contribution in [1.29, 1.82) is 0 Å². The molecule has 0 spiro atoms. The van der Waals surface area contributed by atoms with Crippen molar-refractivity contribution in [2.45, 2.75) is 25.9 Å². The minimum Gasteiger partial charge on any atom is -0.390 e. The first-order valence-electron chi connectivity index (χ1n) is 6.41. The van der Waals surface area contributed by atoms with E-state index < -0.39 is 0 Å². The van der Waals surface area contributed by atoms with Gasteiger partial charge in [-0.1, -0.05) is 32.0 Å². The van der Waals surface area contributed by atoms with E-state index in [2.05, 4.69) is 48.3 Å². The summed E-state index contributed by atoms with van der Waals surface area (Å²) in [7, 11) is 0. The first-order chi connectivity index (χ1) is 8.18. The summed E-state index contributed by atoms with van der Waals surface area (Å²) in [6.07, 6.45) is -0.280. The van der Waals surface area contributed by atoms with Crippen LogP contribution in [0.5, 0.6) is 0 Å². The molecular formula is C14H22N2O. The molecule has 3 heteroatoms. The number of benzene rings is 1. The predicted molar refractivity (Wildman–Crippen MR) is 71.6 cm³/mol. The van der Waals surface area contributed by atoms with E-state index in [1.54, 1.807) is 0 Å². The van der Waals surface area contributed by atoms with Gasteiger partial charge in [-0.05, 0) is 17.5 Å². The van der Waals surface area contributed by atoms with Crippen LogP contribution in [0.4, 0.5) is 5.69 Å². The Morgan fingerprint density at radius 1 is 1.35 bits per heavy atom. The number of aliphatic hydroxyl groups is 1. The Kier molecular flexibility index (Phi) is 4.02. The Bertz CT molecular complexity index is 365. The maximum atomic E-state index is 9.85. The van der Waals surface area contributed by atoms with Crippen LogP contribution in [0.3, 0.4) is 0 Å². The van der Waals surface area contributed by atoms with Crippen molar-refractivity contribution in [2.24, 2.45) is 0 Å². The molecule has 0 aromatic heterocycles. The highest BCUT2D eigenvalue weighted by Gasteiger charge is 2.18. The highest BCUT2D eigenvalue weighted by atomic mass is 16.3. The lowest BCUT2D eigenvalue weighted by Gasteiger charge is -2.27. The fourth-order valence-corrected chi connectivity index (χ4v) is 2.38. The Morgan fingerprint density at radius 2 is 2.12 bits per heavy atom. The summed E-state index contributed by atoms with van der Waals surface area (Å²) in [6.45, 7) is 7.73.